The van der Waals surface area contributed by atoms with Crippen molar-refractivity contribution >= 4 is 29.3 Å². The van der Waals surface area contributed by atoms with Gasteiger partial charge in [0.05, 0.1) is 13.2 Å². The first kappa shape index (κ1) is 22.3. The van der Waals surface area contributed by atoms with Gasteiger partial charge in [-0.05, 0) is 60.9 Å². The molecule has 1 aliphatic rings. The Bertz CT molecular complexity index is 1160. The standard InChI is InChI=1S/C28H28N2O3/c1-20-19-27(25-11-7-8-12-26(25)29(20)21(2)31)30(23-9-5-4-6-10-23)28(32)18-15-22-13-16-24(33-3)17-14-22/h4-18,20,27H,19H2,1-3H3/b18-15-/t20-,27-/m1/s1. The summed E-state index contributed by atoms with van der Waals surface area (Å²) in [6, 6.07) is 24.9. The summed E-state index contributed by atoms with van der Waals surface area (Å²) in [5.41, 5.74) is 3.57. The van der Waals surface area contributed by atoms with Crippen molar-refractivity contribution in [2.75, 3.05) is 16.9 Å². The topological polar surface area (TPSA) is 49.9 Å². The summed E-state index contributed by atoms with van der Waals surface area (Å²) in [7, 11) is 1.63. The third kappa shape index (κ3) is 4.67. The predicted octanol–water partition coefficient (Wildman–Crippen LogP) is 5.63. The van der Waals surface area contributed by atoms with E-state index < -0.39 is 0 Å². The second kappa shape index (κ2) is 9.74. The highest BCUT2D eigenvalue weighted by Crippen LogP contribution is 2.42. The van der Waals surface area contributed by atoms with Crippen LogP contribution in [0.2, 0.25) is 0 Å². The van der Waals surface area contributed by atoms with Crippen molar-refractivity contribution in [3.05, 3.63) is 96.1 Å². The molecule has 5 nitrogen and oxygen atoms in total. The number of rotatable bonds is 5. The fourth-order valence-corrected chi connectivity index (χ4v) is 4.52. The van der Waals surface area contributed by atoms with Gasteiger partial charge in [-0.25, -0.2) is 0 Å². The molecule has 0 unspecified atom stereocenters. The number of carbonyl (C=O) groups excluding carboxylic acids is 2. The molecule has 0 aliphatic carbocycles. The molecule has 0 N–H and O–H groups in total. The van der Waals surface area contributed by atoms with E-state index in [-0.39, 0.29) is 23.9 Å². The van der Waals surface area contributed by atoms with Crippen LogP contribution in [0.4, 0.5) is 11.4 Å². The zero-order valence-corrected chi connectivity index (χ0v) is 19.1. The molecule has 5 heteroatoms. The average Bonchev–Trinajstić information content (AvgIpc) is 2.83. The number of methoxy groups -OCH3 is 1. The molecule has 33 heavy (non-hydrogen) atoms. The maximum atomic E-state index is 13.6. The number of amides is 2. The van der Waals surface area contributed by atoms with Crippen LogP contribution in [0.3, 0.4) is 0 Å². The molecule has 2 amide bonds. The first-order chi connectivity index (χ1) is 16.0. The summed E-state index contributed by atoms with van der Waals surface area (Å²) in [4.78, 5) is 29.7. The quantitative estimate of drug-likeness (QED) is 0.483. The normalized spacial score (nSPS) is 17.5. The highest BCUT2D eigenvalue weighted by atomic mass is 16.5. The van der Waals surface area contributed by atoms with E-state index in [1.165, 1.54) is 0 Å². The molecular formula is C28H28N2O3. The summed E-state index contributed by atoms with van der Waals surface area (Å²) < 4.78 is 5.21. The van der Waals surface area contributed by atoms with Crippen molar-refractivity contribution in [1.82, 2.24) is 0 Å². The molecule has 0 fully saturated rings. The fourth-order valence-electron chi connectivity index (χ4n) is 4.52. The van der Waals surface area contributed by atoms with Crippen molar-refractivity contribution in [1.29, 1.82) is 0 Å². The van der Waals surface area contributed by atoms with E-state index >= 15 is 0 Å². The van der Waals surface area contributed by atoms with Crippen LogP contribution in [0.1, 0.15) is 37.4 Å². The van der Waals surface area contributed by atoms with E-state index in [0.29, 0.717) is 6.42 Å². The maximum Gasteiger partial charge on any atom is 0.251 e. The summed E-state index contributed by atoms with van der Waals surface area (Å²) in [6.07, 6.45) is 4.07. The van der Waals surface area contributed by atoms with E-state index in [9.17, 15) is 9.59 Å². The van der Waals surface area contributed by atoms with Crippen LogP contribution >= 0.6 is 0 Å². The lowest BCUT2D eigenvalue weighted by molar-refractivity contribution is -0.117. The molecule has 2 atom stereocenters. The van der Waals surface area contributed by atoms with E-state index in [1.807, 2.05) is 102 Å². The second-order valence-electron chi connectivity index (χ2n) is 8.20. The minimum atomic E-state index is -0.192. The van der Waals surface area contributed by atoms with Crippen LogP contribution in [0.5, 0.6) is 5.75 Å². The fraction of sp³-hybridized carbons (Fsp3) is 0.214. The Hall–Kier alpha value is -3.86. The van der Waals surface area contributed by atoms with Crippen LogP contribution in [0.15, 0.2) is 84.9 Å². The molecular weight excluding hydrogens is 412 g/mol. The Morgan fingerprint density at radius 3 is 2.30 bits per heavy atom. The van der Waals surface area contributed by atoms with E-state index in [4.69, 9.17) is 4.74 Å². The third-order valence-corrected chi connectivity index (χ3v) is 6.02. The summed E-state index contributed by atoms with van der Waals surface area (Å²) in [5.74, 6) is 0.665. The van der Waals surface area contributed by atoms with Gasteiger partial charge in [0.25, 0.3) is 5.91 Å². The second-order valence-corrected chi connectivity index (χ2v) is 8.20. The number of anilines is 2. The Balaban J connectivity index is 1.73. The molecule has 0 aromatic heterocycles. The Kier molecular flexibility index (Phi) is 6.59. The van der Waals surface area contributed by atoms with E-state index in [0.717, 1.165) is 28.3 Å². The van der Waals surface area contributed by atoms with Crippen LogP contribution < -0.4 is 14.5 Å². The number of fused-ring (bicyclic) bond motifs is 1. The lowest BCUT2D eigenvalue weighted by Gasteiger charge is -2.43. The summed E-state index contributed by atoms with van der Waals surface area (Å²) >= 11 is 0. The number of hydrogen-bond acceptors (Lipinski definition) is 3. The molecule has 0 saturated heterocycles. The zero-order chi connectivity index (χ0) is 23.4. The van der Waals surface area contributed by atoms with Gasteiger partial charge in [0.15, 0.2) is 0 Å². The monoisotopic (exact) mass is 440 g/mol. The van der Waals surface area contributed by atoms with Gasteiger partial charge in [0.2, 0.25) is 5.91 Å². The highest BCUT2D eigenvalue weighted by Gasteiger charge is 2.37. The minimum Gasteiger partial charge on any atom is -0.497 e. The first-order valence-electron chi connectivity index (χ1n) is 11.1. The van der Waals surface area contributed by atoms with Gasteiger partial charge >= 0.3 is 0 Å². The molecule has 0 saturated carbocycles. The molecule has 0 bridgehead atoms. The van der Waals surface area contributed by atoms with E-state index in [2.05, 4.69) is 0 Å². The zero-order valence-electron chi connectivity index (χ0n) is 19.1. The van der Waals surface area contributed by atoms with Crippen molar-refractivity contribution in [3.8, 4) is 5.75 Å². The van der Waals surface area contributed by atoms with E-state index in [1.54, 1.807) is 20.1 Å². The van der Waals surface area contributed by atoms with Crippen molar-refractivity contribution in [2.24, 2.45) is 0 Å². The summed E-state index contributed by atoms with van der Waals surface area (Å²) in [5, 5.41) is 0. The Morgan fingerprint density at radius 2 is 1.64 bits per heavy atom. The van der Waals surface area contributed by atoms with Crippen molar-refractivity contribution in [3.63, 3.8) is 0 Å². The smallest absolute Gasteiger partial charge is 0.251 e. The number of benzene rings is 3. The first-order valence-corrected chi connectivity index (χ1v) is 11.1. The average molecular weight is 441 g/mol. The minimum absolute atomic E-state index is 0.00499. The molecule has 0 radical (unpaired) electrons. The van der Waals surface area contributed by atoms with Gasteiger partial charge in [0, 0.05) is 30.4 Å². The maximum absolute atomic E-state index is 13.6. The van der Waals surface area contributed by atoms with Crippen molar-refractivity contribution < 1.29 is 14.3 Å². The lowest BCUT2D eigenvalue weighted by atomic mass is 9.90. The van der Waals surface area contributed by atoms with Crippen LogP contribution in [0.25, 0.3) is 6.08 Å². The largest absolute Gasteiger partial charge is 0.497 e. The molecule has 4 rings (SSSR count). The number of nitrogens with zero attached hydrogens (tertiary/aromatic N) is 2. The summed E-state index contributed by atoms with van der Waals surface area (Å²) in [6.45, 7) is 3.62. The number of hydrogen-bond donors (Lipinski definition) is 0. The molecule has 1 aliphatic heterocycles. The van der Waals surface area contributed by atoms with Gasteiger partial charge in [-0.3, -0.25) is 9.59 Å². The lowest BCUT2D eigenvalue weighted by Crippen LogP contribution is -2.46. The molecule has 3 aromatic carbocycles. The highest BCUT2D eigenvalue weighted by molar-refractivity contribution is 6.05. The molecule has 168 valence electrons. The van der Waals surface area contributed by atoms with Gasteiger partial charge in [0.1, 0.15) is 5.75 Å². The number of ether oxygens (including phenoxy) is 1. The van der Waals surface area contributed by atoms with Gasteiger partial charge < -0.3 is 14.5 Å². The van der Waals surface area contributed by atoms with Gasteiger partial charge in [-0.1, -0.05) is 48.5 Å². The third-order valence-electron chi connectivity index (χ3n) is 6.02. The Morgan fingerprint density at radius 1 is 0.970 bits per heavy atom. The van der Waals surface area contributed by atoms with Crippen LogP contribution in [-0.4, -0.2) is 25.0 Å². The van der Waals surface area contributed by atoms with Gasteiger partial charge in [-0.15, -0.1) is 0 Å². The molecule has 1 heterocycles. The predicted molar refractivity (Wildman–Crippen MR) is 132 cm³/mol. The SMILES string of the molecule is COc1ccc(/C=C\C(=O)N(c2ccccc2)[C@@H]2C[C@@H](C)N(C(C)=O)c3ccccc32)cc1. The number of para-hydroxylation sites is 2. The Labute approximate surface area is 194 Å². The van der Waals surface area contributed by atoms with Crippen LogP contribution in [0, 0.1) is 0 Å². The molecule has 3 aromatic rings. The van der Waals surface area contributed by atoms with Crippen LogP contribution in [-0.2, 0) is 9.59 Å². The number of carbonyl (C=O) groups is 2. The molecule has 0 spiro atoms. The van der Waals surface area contributed by atoms with Crippen molar-refractivity contribution in [2.45, 2.75) is 32.4 Å². The van der Waals surface area contributed by atoms with Gasteiger partial charge in [-0.2, -0.15) is 0 Å².